The van der Waals surface area contributed by atoms with Gasteiger partial charge < -0.3 is 10.2 Å². The number of hydrogen-bond acceptors (Lipinski definition) is 3. The molecule has 5 heteroatoms. The first-order valence-electron chi connectivity index (χ1n) is 9.28. The SMILES string of the molecule is Cc1ccc(C(=O)N2CCC[C@H]2C(=O)C(=O)NC2CCCCC2)cc1. The highest BCUT2D eigenvalue weighted by atomic mass is 16.2. The zero-order valence-electron chi connectivity index (χ0n) is 14.8. The molecule has 1 aromatic carbocycles. The lowest BCUT2D eigenvalue weighted by Gasteiger charge is -2.26. The number of rotatable bonds is 4. The number of nitrogens with one attached hydrogen (secondary N) is 1. The molecule has 0 aromatic heterocycles. The second kappa shape index (κ2) is 7.81. The Kier molecular flexibility index (Phi) is 5.51. The van der Waals surface area contributed by atoms with Gasteiger partial charge in [0, 0.05) is 18.2 Å². The molecule has 2 amide bonds. The monoisotopic (exact) mass is 342 g/mol. The molecule has 3 rings (SSSR count). The Morgan fingerprint density at radius 1 is 0.960 bits per heavy atom. The molecule has 0 radical (unpaired) electrons. The van der Waals surface area contributed by atoms with Crippen LogP contribution in [0, 0.1) is 6.92 Å². The average Bonchev–Trinajstić information content (AvgIpc) is 3.11. The van der Waals surface area contributed by atoms with Crippen molar-refractivity contribution in [2.45, 2.75) is 64.0 Å². The van der Waals surface area contributed by atoms with Gasteiger partial charge in [0.05, 0.1) is 0 Å². The summed E-state index contributed by atoms with van der Waals surface area (Å²) in [5, 5.41) is 2.88. The van der Waals surface area contributed by atoms with Crippen molar-refractivity contribution in [2.75, 3.05) is 6.54 Å². The van der Waals surface area contributed by atoms with Crippen molar-refractivity contribution < 1.29 is 14.4 Å². The first kappa shape index (κ1) is 17.6. The van der Waals surface area contributed by atoms with Gasteiger partial charge >= 0.3 is 0 Å². The lowest BCUT2D eigenvalue weighted by molar-refractivity contribution is -0.140. The van der Waals surface area contributed by atoms with E-state index in [1.165, 1.54) is 6.42 Å². The highest BCUT2D eigenvalue weighted by Gasteiger charge is 2.38. The van der Waals surface area contributed by atoms with Gasteiger partial charge in [-0.25, -0.2) is 0 Å². The molecule has 1 N–H and O–H groups in total. The Labute approximate surface area is 148 Å². The van der Waals surface area contributed by atoms with E-state index in [-0.39, 0.29) is 11.9 Å². The Morgan fingerprint density at radius 3 is 2.32 bits per heavy atom. The number of carbonyl (C=O) groups excluding carboxylic acids is 3. The molecular formula is C20H26N2O3. The normalized spacial score (nSPS) is 21.2. The minimum atomic E-state index is -0.627. The van der Waals surface area contributed by atoms with Crippen molar-refractivity contribution >= 4 is 17.6 Å². The molecule has 2 fully saturated rings. The van der Waals surface area contributed by atoms with Crippen molar-refractivity contribution in [3.05, 3.63) is 35.4 Å². The van der Waals surface area contributed by atoms with Crippen LogP contribution in [0.1, 0.15) is 60.9 Å². The van der Waals surface area contributed by atoms with Gasteiger partial charge in [0.25, 0.3) is 11.8 Å². The third-order valence-electron chi connectivity index (χ3n) is 5.28. The van der Waals surface area contributed by atoms with E-state index < -0.39 is 17.7 Å². The summed E-state index contributed by atoms with van der Waals surface area (Å²) in [7, 11) is 0. The molecule has 0 unspecified atom stereocenters. The average molecular weight is 342 g/mol. The number of carbonyl (C=O) groups is 3. The molecule has 1 atom stereocenters. The summed E-state index contributed by atoms with van der Waals surface area (Å²) in [5.74, 6) is -1.16. The van der Waals surface area contributed by atoms with E-state index in [0.29, 0.717) is 18.5 Å². The molecule has 1 aliphatic carbocycles. The zero-order chi connectivity index (χ0) is 17.8. The zero-order valence-corrected chi connectivity index (χ0v) is 14.8. The van der Waals surface area contributed by atoms with Crippen molar-refractivity contribution in [1.29, 1.82) is 0 Å². The van der Waals surface area contributed by atoms with E-state index in [1.54, 1.807) is 17.0 Å². The number of nitrogens with zero attached hydrogens (tertiary/aromatic N) is 1. The van der Waals surface area contributed by atoms with Crippen molar-refractivity contribution in [3.63, 3.8) is 0 Å². The Bertz CT molecular complexity index is 647. The minimum absolute atomic E-state index is 0.104. The molecule has 134 valence electrons. The fourth-order valence-electron chi connectivity index (χ4n) is 3.80. The van der Waals surface area contributed by atoms with Crippen LogP contribution in [-0.4, -0.2) is 41.1 Å². The van der Waals surface area contributed by atoms with Gasteiger partial charge in [-0.1, -0.05) is 37.0 Å². The number of amides is 2. The third-order valence-corrected chi connectivity index (χ3v) is 5.28. The lowest BCUT2D eigenvalue weighted by Crippen LogP contribution is -2.49. The Hall–Kier alpha value is -2.17. The quantitative estimate of drug-likeness (QED) is 0.856. The highest BCUT2D eigenvalue weighted by Crippen LogP contribution is 2.22. The van der Waals surface area contributed by atoms with Gasteiger partial charge in [0.1, 0.15) is 6.04 Å². The summed E-state index contributed by atoms with van der Waals surface area (Å²) in [4.78, 5) is 39.3. The van der Waals surface area contributed by atoms with Gasteiger partial charge in [0.15, 0.2) is 0 Å². The van der Waals surface area contributed by atoms with Gasteiger partial charge in [-0.05, 0) is 44.7 Å². The fraction of sp³-hybridized carbons (Fsp3) is 0.550. The molecule has 0 spiro atoms. The maximum atomic E-state index is 12.7. The second-order valence-electron chi connectivity index (χ2n) is 7.20. The van der Waals surface area contributed by atoms with Crippen LogP contribution in [0.15, 0.2) is 24.3 Å². The maximum absolute atomic E-state index is 12.7. The first-order chi connectivity index (χ1) is 12.1. The molecule has 1 saturated heterocycles. The number of hydrogen-bond donors (Lipinski definition) is 1. The summed E-state index contributed by atoms with van der Waals surface area (Å²) in [6.45, 7) is 2.49. The summed E-state index contributed by atoms with van der Waals surface area (Å²) >= 11 is 0. The van der Waals surface area contributed by atoms with E-state index in [2.05, 4.69) is 5.32 Å². The Balaban J connectivity index is 1.65. The number of benzene rings is 1. The molecule has 25 heavy (non-hydrogen) atoms. The van der Waals surface area contributed by atoms with Crippen LogP contribution in [0.3, 0.4) is 0 Å². The molecule has 1 aromatic rings. The lowest BCUT2D eigenvalue weighted by atomic mass is 9.95. The van der Waals surface area contributed by atoms with Crippen molar-refractivity contribution in [1.82, 2.24) is 10.2 Å². The molecule has 5 nitrogen and oxygen atoms in total. The second-order valence-corrected chi connectivity index (χ2v) is 7.20. The molecule has 1 heterocycles. The fourth-order valence-corrected chi connectivity index (χ4v) is 3.80. The summed E-state index contributed by atoms with van der Waals surface area (Å²) < 4.78 is 0. The predicted molar refractivity (Wildman–Crippen MR) is 95.3 cm³/mol. The van der Waals surface area contributed by atoms with E-state index in [4.69, 9.17) is 0 Å². The molecule has 0 bridgehead atoms. The minimum Gasteiger partial charge on any atom is -0.347 e. The van der Waals surface area contributed by atoms with Gasteiger partial charge in [-0.2, -0.15) is 0 Å². The van der Waals surface area contributed by atoms with Crippen molar-refractivity contribution in [3.8, 4) is 0 Å². The first-order valence-corrected chi connectivity index (χ1v) is 9.28. The van der Waals surface area contributed by atoms with Crippen LogP contribution < -0.4 is 5.32 Å². The molecular weight excluding hydrogens is 316 g/mol. The topological polar surface area (TPSA) is 66.5 Å². The summed E-state index contributed by atoms with van der Waals surface area (Å²) in [6.07, 6.45) is 6.59. The smallest absolute Gasteiger partial charge is 0.289 e. The molecule has 1 saturated carbocycles. The van der Waals surface area contributed by atoms with E-state index in [9.17, 15) is 14.4 Å². The molecule has 1 aliphatic heterocycles. The Morgan fingerprint density at radius 2 is 1.64 bits per heavy atom. The van der Waals surface area contributed by atoms with Crippen LogP contribution in [0.5, 0.6) is 0 Å². The van der Waals surface area contributed by atoms with Crippen LogP contribution >= 0.6 is 0 Å². The van der Waals surface area contributed by atoms with Crippen LogP contribution in [0.4, 0.5) is 0 Å². The highest BCUT2D eigenvalue weighted by molar-refractivity contribution is 6.38. The molecule has 2 aliphatic rings. The largest absolute Gasteiger partial charge is 0.347 e. The van der Waals surface area contributed by atoms with Gasteiger partial charge in [0.2, 0.25) is 5.78 Å². The van der Waals surface area contributed by atoms with Gasteiger partial charge in [-0.15, -0.1) is 0 Å². The van der Waals surface area contributed by atoms with E-state index in [1.807, 2.05) is 19.1 Å². The van der Waals surface area contributed by atoms with Crippen LogP contribution in [0.2, 0.25) is 0 Å². The van der Waals surface area contributed by atoms with Crippen molar-refractivity contribution in [2.24, 2.45) is 0 Å². The summed E-state index contributed by atoms with van der Waals surface area (Å²) in [6, 6.07) is 6.80. The predicted octanol–water partition coefficient (Wildman–Crippen LogP) is 2.62. The van der Waals surface area contributed by atoms with Crippen LogP contribution in [0.25, 0.3) is 0 Å². The summed E-state index contributed by atoms with van der Waals surface area (Å²) in [5.41, 5.74) is 1.65. The van der Waals surface area contributed by atoms with E-state index >= 15 is 0 Å². The standard InChI is InChI=1S/C20H26N2O3/c1-14-9-11-15(12-10-14)20(25)22-13-5-8-17(22)18(23)19(24)21-16-6-3-2-4-7-16/h9-12,16-17H,2-8,13H2,1H3,(H,21,24)/t17-/m0/s1. The number of Topliss-reactive ketones (excluding diaryl/α,β-unsaturated/α-hetero) is 1. The van der Waals surface area contributed by atoms with Crippen LogP contribution in [-0.2, 0) is 9.59 Å². The van der Waals surface area contributed by atoms with E-state index in [0.717, 1.165) is 37.7 Å². The van der Waals surface area contributed by atoms with Gasteiger partial charge in [-0.3, -0.25) is 14.4 Å². The number of likely N-dealkylation sites (tertiary alicyclic amines) is 1. The maximum Gasteiger partial charge on any atom is 0.289 e. The number of aryl methyl sites for hydroxylation is 1. The number of ketones is 1. The third kappa shape index (κ3) is 4.09.